The van der Waals surface area contributed by atoms with Crippen molar-refractivity contribution in [2.75, 3.05) is 0 Å². The Labute approximate surface area is 190 Å². The van der Waals surface area contributed by atoms with Crippen molar-refractivity contribution in [1.29, 1.82) is 0 Å². The average Bonchev–Trinajstić information content (AvgIpc) is 3.27. The third kappa shape index (κ3) is 4.99. The molecule has 27 heavy (non-hydrogen) atoms. The van der Waals surface area contributed by atoms with Gasteiger partial charge in [0.05, 0.1) is 0 Å². The first kappa shape index (κ1) is 27.1. The first-order chi connectivity index (χ1) is 11.6. The number of rotatable bonds is 7. The van der Waals surface area contributed by atoms with E-state index in [0.717, 1.165) is 17.8 Å². The fourth-order valence-electron chi connectivity index (χ4n) is 6.10. The molecule has 0 bridgehead atoms. The Bertz CT molecular complexity index is 522. The van der Waals surface area contributed by atoms with E-state index in [0.29, 0.717) is 10.8 Å². The van der Waals surface area contributed by atoms with Crippen LogP contribution in [-0.4, -0.2) is 0 Å². The Hall–Kier alpha value is 0.0901. The molecule has 1 heteroatoms. The van der Waals surface area contributed by atoms with Crippen molar-refractivity contribution in [2.24, 2.45) is 28.6 Å². The van der Waals surface area contributed by atoms with Gasteiger partial charge in [-0.15, -0.1) is 0 Å². The zero-order valence-corrected chi connectivity index (χ0v) is 22.4. The quantitative estimate of drug-likeness (QED) is 0.176. The summed E-state index contributed by atoms with van der Waals surface area (Å²) >= 11 is 0. The van der Waals surface area contributed by atoms with Gasteiger partial charge in [0.1, 0.15) is 0 Å². The van der Waals surface area contributed by atoms with E-state index >= 15 is 0 Å². The molecule has 0 saturated heterocycles. The van der Waals surface area contributed by atoms with Gasteiger partial charge in [0.25, 0.3) is 0 Å². The van der Waals surface area contributed by atoms with E-state index in [4.69, 9.17) is 0 Å². The molecule has 4 atom stereocenters. The molecule has 0 aromatic carbocycles. The summed E-state index contributed by atoms with van der Waals surface area (Å²) in [5.74, 6) is 2.38. The van der Waals surface area contributed by atoms with Crippen LogP contribution in [0.2, 0.25) is 0 Å². The molecule has 0 amide bonds. The van der Waals surface area contributed by atoms with Crippen LogP contribution >= 0.6 is 0 Å². The summed E-state index contributed by atoms with van der Waals surface area (Å²) in [5, 5.41) is 0. The Kier molecular flexibility index (Phi) is 11.4. The maximum absolute atomic E-state index is 2.68. The molecule has 0 nitrogen and oxygen atoms in total. The van der Waals surface area contributed by atoms with E-state index in [2.05, 4.69) is 64.5 Å². The van der Waals surface area contributed by atoms with Crippen LogP contribution in [0.1, 0.15) is 79.1 Å². The molecule has 0 heterocycles. The van der Waals surface area contributed by atoms with Gasteiger partial charge in [0.15, 0.2) is 0 Å². The van der Waals surface area contributed by atoms with Gasteiger partial charge >= 0.3 is 0 Å². The summed E-state index contributed by atoms with van der Waals surface area (Å²) in [7, 11) is 0. The fraction of sp³-hybridized carbons (Fsp3) is 0.654. The molecule has 0 N–H and O–H groups in total. The third-order valence-corrected chi connectivity index (χ3v) is 7.95. The molecule has 3 aliphatic rings. The van der Waals surface area contributed by atoms with Gasteiger partial charge in [-0.2, -0.15) is 12.3 Å². The van der Waals surface area contributed by atoms with Crippen molar-refractivity contribution in [3.8, 4) is 0 Å². The van der Waals surface area contributed by atoms with Crippen LogP contribution in [0.15, 0.2) is 36.0 Å². The molecule has 0 aliphatic heterocycles. The van der Waals surface area contributed by atoms with Gasteiger partial charge in [0.2, 0.25) is 0 Å². The van der Waals surface area contributed by atoms with E-state index < -0.39 is 0 Å². The van der Waals surface area contributed by atoms with E-state index in [1.54, 1.807) is 5.57 Å². The number of hydrogen-bond acceptors (Lipinski definition) is 0. The second-order valence-electron chi connectivity index (χ2n) is 8.81. The maximum Gasteiger partial charge on any atom is 0 e. The third-order valence-electron chi connectivity index (χ3n) is 7.95. The molecule has 1 fully saturated rings. The van der Waals surface area contributed by atoms with Crippen molar-refractivity contribution >= 4 is 0 Å². The molecule has 0 spiro atoms. The predicted octanol–water partition coefficient (Wildman–Crippen LogP) is 8.19. The fourth-order valence-corrected chi connectivity index (χ4v) is 6.10. The number of hydrogen-bond donors (Lipinski definition) is 0. The first-order valence-electron chi connectivity index (χ1n) is 10.4. The zero-order valence-electron chi connectivity index (χ0n) is 18.9. The summed E-state index contributed by atoms with van der Waals surface area (Å²) in [5.41, 5.74) is 2.51. The Morgan fingerprint density at radius 1 is 1.22 bits per heavy atom. The van der Waals surface area contributed by atoms with Crippen molar-refractivity contribution in [1.82, 2.24) is 0 Å². The summed E-state index contributed by atoms with van der Waals surface area (Å²) in [6.07, 6.45) is 25.4. The summed E-state index contributed by atoms with van der Waals surface area (Å²) in [4.78, 5) is 0. The van der Waals surface area contributed by atoms with Crippen LogP contribution in [0.25, 0.3) is 0 Å². The molecule has 154 valence electrons. The molecule has 0 aromatic rings. The molecule has 0 radical (unpaired) electrons. The Morgan fingerprint density at radius 3 is 2.52 bits per heavy atom. The van der Waals surface area contributed by atoms with Crippen LogP contribution in [0.3, 0.4) is 0 Å². The largest absolute Gasteiger partial charge is 0.358 e. The molecular weight excluding hydrogens is 491 g/mol. The van der Waals surface area contributed by atoms with E-state index in [1.165, 1.54) is 51.4 Å². The van der Waals surface area contributed by atoms with E-state index in [1.807, 2.05) is 0 Å². The first-order valence-corrected chi connectivity index (χ1v) is 10.4. The zero-order chi connectivity index (χ0) is 17.2. The number of fused-ring (bicyclic) bond motifs is 1. The monoisotopic (exact) mass is 535 g/mol. The maximum atomic E-state index is 2.68. The average molecular weight is 534 g/mol. The van der Waals surface area contributed by atoms with Crippen LogP contribution in [-0.2, 0) is 25.8 Å². The van der Waals surface area contributed by atoms with Crippen LogP contribution in [0.4, 0.5) is 0 Å². The van der Waals surface area contributed by atoms with Gasteiger partial charge in [-0.25, -0.2) is 0 Å². The van der Waals surface area contributed by atoms with Crippen LogP contribution in [0, 0.1) is 49.9 Å². The summed E-state index contributed by atoms with van der Waals surface area (Å²) in [6, 6.07) is 0. The smallest absolute Gasteiger partial charge is 0 e. The molecule has 3 rings (SSSR count). The van der Waals surface area contributed by atoms with Crippen molar-refractivity contribution in [3.63, 3.8) is 0 Å². The minimum Gasteiger partial charge on any atom is -0.358 e. The van der Waals surface area contributed by atoms with E-state index in [-0.39, 0.29) is 40.7 Å². The van der Waals surface area contributed by atoms with Gasteiger partial charge in [-0.05, 0) is 54.8 Å². The van der Waals surface area contributed by atoms with Crippen molar-refractivity contribution in [2.45, 2.75) is 79.1 Å². The molecule has 0 aromatic heterocycles. The second-order valence-corrected chi connectivity index (χ2v) is 8.81. The minimum absolute atomic E-state index is 0. The predicted molar refractivity (Wildman–Crippen MR) is 118 cm³/mol. The van der Waals surface area contributed by atoms with E-state index in [9.17, 15) is 0 Å². The van der Waals surface area contributed by atoms with Gasteiger partial charge in [0, 0.05) is 25.8 Å². The topological polar surface area (TPSA) is 0 Å². The van der Waals surface area contributed by atoms with Gasteiger partial charge in [-0.1, -0.05) is 76.5 Å². The number of allylic oxidation sites excluding steroid dienone is 6. The molecule has 4 unspecified atom stereocenters. The van der Waals surface area contributed by atoms with Gasteiger partial charge < -0.3 is 21.3 Å². The molecule has 3 aliphatic carbocycles. The Balaban J connectivity index is 0.00000225. The summed E-state index contributed by atoms with van der Waals surface area (Å²) < 4.78 is 0. The summed E-state index contributed by atoms with van der Waals surface area (Å²) in [6.45, 7) is 9.89. The van der Waals surface area contributed by atoms with Crippen molar-refractivity contribution in [3.05, 3.63) is 57.2 Å². The normalized spacial score (nSPS) is 31.2. The minimum atomic E-state index is 0. The van der Waals surface area contributed by atoms with Gasteiger partial charge in [-0.3, -0.25) is 0 Å². The molecule has 1 saturated carbocycles. The van der Waals surface area contributed by atoms with Crippen LogP contribution < -0.4 is 0 Å². The SMILES string of the molecule is CCC1(CC)C=CC2CC[CH-]C2C1(C)CCCC(C)C1=CC=CC1.[CH3-].[CH3-].[Hf]. The Morgan fingerprint density at radius 2 is 1.93 bits per heavy atom. The second kappa shape index (κ2) is 11.3. The standard InChI is InChI=1S/C24H37.2CH3.Hf/c1-5-24(6-2)18-16-21-14-9-15-22(21)23(24,4)17-10-11-19(3)20-12-7-8-13-20;;;/h7-8,12,15-16,18-19,21-22H,5-6,9-11,13-14,17H2,1-4H3;2*1H3;/q3*-1;. The van der Waals surface area contributed by atoms with Crippen LogP contribution in [0.5, 0.6) is 0 Å². The molecular formula is C26H43Hf-3. The van der Waals surface area contributed by atoms with Crippen molar-refractivity contribution < 1.29 is 25.8 Å².